The molecule has 0 bridgehead atoms. The van der Waals surface area contributed by atoms with Gasteiger partial charge in [-0.3, -0.25) is 18.9 Å². The van der Waals surface area contributed by atoms with Gasteiger partial charge in [0, 0.05) is 43.3 Å². The molecule has 2 aromatic heterocycles. The second kappa shape index (κ2) is 6.72. The molecule has 1 aromatic carbocycles. The van der Waals surface area contributed by atoms with Crippen molar-refractivity contribution in [2.75, 3.05) is 26.2 Å². The van der Waals surface area contributed by atoms with Gasteiger partial charge in [-0.15, -0.1) is 11.3 Å². The average Bonchev–Trinajstić information content (AvgIpc) is 3.28. The fraction of sp³-hybridized carbons (Fsp3) is 0.350. The van der Waals surface area contributed by atoms with E-state index in [1.807, 2.05) is 11.6 Å². The summed E-state index contributed by atoms with van der Waals surface area (Å²) >= 11 is 1.62. The van der Waals surface area contributed by atoms with E-state index in [0.717, 1.165) is 28.5 Å². The van der Waals surface area contributed by atoms with Gasteiger partial charge in [0.15, 0.2) is 4.96 Å². The molecule has 144 valence electrons. The Labute approximate surface area is 166 Å². The van der Waals surface area contributed by atoms with Crippen molar-refractivity contribution in [1.82, 2.24) is 24.5 Å². The summed E-state index contributed by atoms with van der Waals surface area (Å²) in [6, 6.07) is 8.02. The second-order valence-corrected chi connectivity index (χ2v) is 8.26. The van der Waals surface area contributed by atoms with Gasteiger partial charge in [0.25, 0.3) is 0 Å². The van der Waals surface area contributed by atoms with Gasteiger partial charge >= 0.3 is 0 Å². The van der Waals surface area contributed by atoms with Crippen molar-refractivity contribution in [3.63, 3.8) is 0 Å². The van der Waals surface area contributed by atoms with Crippen LogP contribution in [0.3, 0.4) is 0 Å². The molecule has 7 nitrogen and oxygen atoms in total. The van der Waals surface area contributed by atoms with Crippen LogP contribution >= 0.6 is 11.3 Å². The minimum Gasteiger partial charge on any atom is -0.345 e. The molecular formula is C20H21N5O2S. The number of carbonyl (C=O) groups is 2. The first-order chi connectivity index (χ1) is 13.6. The second-order valence-electron chi connectivity index (χ2n) is 7.38. The highest BCUT2D eigenvalue weighted by Crippen LogP contribution is 2.29. The molecule has 0 radical (unpaired) electrons. The number of piperazine rings is 2. The van der Waals surface area contributed by atoms with E-state index >= 15 is 0 Å². The van der Waals surface area contributed by atoms with Crippen LogP contribution in [0.2, 0.25) is 0 Å². The van der Waals surface area contributed by atoms with Gasteiger partial charge in [0.05, 0.1) is 17.9 Å². The van der Waals surface area contributed by atoms with E-state index in [2.05, 4.69) is 45.8 Å². The van der Waals surface area contributed by atoms with E-state index in [9.17, 15) is 9.59 Å². The first-order valence-electron chi connectivity index (χ1n) is 9.41. The highest BCUT2D eigenvalue weighted by Gasteiger charge is 2.38. The molecule has 5 rings (SSSR count). The lowest BCUT2D eigenvalue weighted by molar-refractivity contribution is -0.149. The predicted octanol–water partition coefficient (Wildman–Crippen LogP) is 1.51. The maximum Gasteiger partial charge on any atom is 0.244 e. The Bertz CT molecular complexity index is 1050. The number of imidazole rings is 1. The SMILES string of the molecule is Cc1ccc(-c2nc3sccn3c2CN2CCN3C(=O)CNC(=O)[C@H]3C2)cc1. The van der Waals surface area contributed by atoms with Gasteiger partial charge in [-0.25, -0.2) is 4.98 Å². The summed E-state index contributed by atoms with van der Waals surface area (Å²) in [6.07, 6.45) is 2.05. The summed E-state index contributed by atoms with van der Waals surface area (Å²) < 4.78 is 2.14. The van der Waals surface area contributed by atoms with Crippen LogP contribution in [0.1, 0.15) is 11.3 Å². The van der Waals surface area contributed by atoms with Crippen molar-refractivity contribution in [3.8, 4) is 11.3 Å². The zero-order valence-corrected chi connectivity index (χ0v) is 16.4. The Morgan fingerprint density at radius 2 is 2.04 bits per heavy atom. The van der Waals surface area contributed by atoms with E-state index in [1.165, 1.54) is 5.56 Å². The van der Waals surface area contributed by atoms with Gasteiger partial charge in [0.2, 0.25) is 11.8 Å². The highest BCUT2D eigenvalue weighted by atomic mass is 32.1. The number of rotatable bonds is 3. The van der Waals surface area contributed by atoms with Crippen LogP contribution in [-0.4, -0.2) is 63.2 Å². The molecule has 3 aromatic rings. The number of nitrogens with zero attached hydrogens (tertiary/aromatic N) is 4. The van der Waals surface area contributed by atoms with Crippen LogP contribution in [0, 0.1) is 6.92 Å². The smallest absolute Gasteiger partial charge is 0.244 e. The molecule has 2 saturated heterocycles. The molecule has 0 spiro atoms. The standard InChI is InChI=1S/C20H21N5O2S/c1-13-2-4-14(5-3-13)18-15(25-8-9-28-20(25)22-18)11-23-6-7-24-16(12-23)19(27)21-10-17(24)26/h2-5,8-9,16H,6-7,10-12H2,1H3,(H,21,27)/t16-/m1/s1. The summed E-state index contributed by atoms with van der Waals surface area (Å²) in [4.78, 5) is 34.1. The minimum absolute atomic E-state index is 0.00849. The largest absolute Gasteiger partial charge is 0.345 e. The molecule has 2 aliphatic heterocycles. The molecule has 0 aliphatic carbocycles. The normalized spacial score (nSPS) is 20.5. The molecule has 2 fully saturated rings. The molecule has 8 heteroatoms. The van der Waals surface area contributed by atoms with Crippen LogP contribution in [0.15, 0.2) is 35.8 Å². The van der Waals surface area contributed by atoms with Crippen LogP contribution in [0.5, 0.6) is 0 Å². The fourth-order valence-corrected chi connectivity index (χ4v) is 4.76. The molecule has 0 saturated carbocycles. The van der Waals surface area contributed by atoms with E-state index in [-0.39, 0.29) is 18.4 Å². The van der Waals surface area contributed by atoms with Crippen molar-refractivity contribution in [2.45, 2.75) is 19.5 Å². The van der Waals surface area contributed by atoms with Gasteiger partial charge in [-0.05, 0) is 6.92 Å². The molecule has 0 unspecified atom stereocenters. The average molecular weight is 395 g/mol. The number of amides is 2. The van der Waals surface area contributed by atoms with Crippen molar-refractivity contribution in [2.24, 2.45) is 0 Å². The predicted molar refractivity (Wildman–Crippen MR) is 107 cm³/mol. The third-order valence-electron chi connectivity index (χ3n) is 5.56. The lowest BCUT2D eigenvalue weighted by Gasteiger charge is -2.42. The molecule has 2 aliphatic rings. The van der Waals surface area contributed by atoms with Crippen LogP contribution in [0.4, 0.5) is 0 Å². The third-order valence-corrected chi connectivity index (χ3v) is 6.32. The first-order valence-corrected chi connectivity index (χ1v) is 10.3. The zero-order valence-electron chi connectivity index (χ0n) is 15.6. The summed E-state index contributed by atoms with van der Waals surface area (Å²) in [7, 11) is 0. The van der Waals surface area contributed by atoms with Crippen molar-refractivity contribution in [3.05, 3.63) is 47.1 Å². The van der Waals surface area contributed by atoms with E-state index < -0.39 is 6.04 Å². The molecule has 28 heavy (non-hydrogen) atoms. The number of hydrogen-bond donors (Lipinski definition) is 1. The fourth-order valence-electron chi connectivity index (χ4n) is 4.03. The monoisotopic (exact) mass is 395 g/mol. The van der Waals surface area contributed by atoms with Gasteiger partial charge in [-0.2, -0.15) is 0 Å². The van der Waals surface area contributed by atoms with Gasteiger partial charge in [0.1, 0.15) is 6.04 Å². The number of benzene rings is 1. The minimum atomic E-state index is -0.399. The summed E-state index contributed by atoms with van der Waals surface area (Å²) in [5.41, 5.74) is 4.42. The Morgan fingerprint density at radius 1 is 1.21 bits per heavy atom. The number of thiazole rings is 1. The summed E-state index contributed by atoms with van der Waals surface area (Å²) in [6.45, 7) is 4.76. The lowest BCUT2D eigenvalue weighted by atomic mass is 10.1. The maximum absolute atomic E-state index is 12.3. The maximum atomic E-state index is 12.3. The highest BCUT2D eigenvalue weighted by molar-refractivity contribution is 7.15. The first kappa shape index (κ1) is 17.4. The summed E-state index contributed by atoms with van der Waals surface area (Å²) in [5, 5.41) is 4.74. The Kier molecular flexibility index (Phi) is 4.17. The van der Waals surface area contributed by atoms with Gasteiger partial charge < -0.3 is 10.2 Å². The van der Waals surface area contributed by atoms with Gasteiger partial charge in [-0.1, -0.05) is 29.8 Å². The number of aromatic nitrogens is 2. The Hall–Kier alpha value is -2.71. The van der Waals surface area contributed by atoms with Crippen molar-refractivity contribution >= 4 is 28.1 Å². The molecule has 2 amide bonds. The Balaban J connectivity index is 1.46. The van der Waals surface area contributed by atoms with Crippen LogP contribution in [0.25, 0.3) is 16.2 Å². The van der Waals surface area contributed by atoms with Crippen molar-refractivity contribution in [1.29, 1.82) is 0 Å². The topological polar surface area (TPSA) is 70.0 Å². The van der Waals surface area contributed by atoms with E-state index in [1.54, 1.807) is 16.2 Å². The number of fused-ring (bicyclic) bond motifs is 2. The van der Waals surface area contributed by atoms with Crippen molar-refractivity contribution < 1.29 is 9.59 Å². The zero-order chi connectivity index (χ0) is 19.3. The number of hydrogen-bond acceptors (Lipinski definition) is 5. The number of nitrogens with one attached hydrogen (secondary N) is 1. The number of carbonyl (C=O) groups excluding carboxylic acids is 2. The van der Waals surface area contributed by atoms with E-state index in [4.69, 9.17) is 4.98 Å². The molecule has 1 atom stereocenters. The molecule has 4 heterocycles. The summed E-state index contributed by atoms with van der Waals surface area (Å²) in [5.74, 6) is -0.0498. The third kappa shape index (κ3) is 2.89. The lowest BCUT2D eigenvalue weighted by Crippen LogP contribution is -2.65. The van der Waals surface area contributed by atoms with Crippen LogP contribution in [-0.2, 0) is 16.1 Å². The van der Waals surface area contributed by atoms with Crippen LogP contribution < -0.4 is 5.32 Å². The quantitative estimate of drug-likeness (QED) is 0.730. The van der Waals surface area contributed by atoms with E-state index in [0.29, 0.717) is 19.6 Å². The number of aryl methyl sites for hydroxylation is 1. The Morgan fingerprint density at radius 3 is 2.86 bits per heavy atom. The molecule has 1 N–H and O–H groups in total. The molecular weight excluding hydrogens is 374 g/mol.